The highest BCUT2D eigenvalue weighted by Gasteiger charge is 2.60. The van der Waals surface area contributed by atoms with Crippen molar-refractivity contribution < 1.29 is 9.59 Å². The van der Waals surface area contributed by atoms with E-state index in [-0.39, 0.29) is 34.6 Å². The summed E-state index contributed by atoms with van der Waals surface area (Å²) in [7, 11) is 0. The third-order valence-electron chi connectivity index (χ3n) is 8.42. The van der Waals surface area contributed by atoms with Crippen LogP contribution in [0.5, 0.6) is 0 Å². The largest absolute Gasteiger partial charge is 0.352 e. The molecule has 2 N–H and O–H groups in total. The second kappa shape index (κ2) is 6.24. The zero-order valence-corrected chi connectivity index (χ0v) is 16.1. The number of carbonyl (C=O) groups excluding carboxylic acids is 2. The van der Waals surface area contributed by atoms with Crippen molar-refractivity contribution in [3.05, 3.63) is 24.8 Å². The van der Waals surface area contributed by atoms with Crippen molar-refractivity contribution in [3.63, 3.8) is 0 Å². The van der Waals surface area contributed by atoms with Crippen LogP contribution in [0, 0.1) is 34.5 Å². The van der Waals surface area contributed by atoms with Crippen LogP contribution in [0.1, 0.15) is 52.4 Å². The summed E-state index contributed by atoms with van der Waals surface area (Å²) in [4.78, 5) is 24.5. The number of amides is 2. The van der Waals surface area contributed by atoms with E-state index < -0.39 is 0 Å². The molecule has 3 fully saturated rings. The average molecular weight is 357 g/mol. The highest BCUT2D eigenvalue weighted by molar-refractivity contribution is 5.89. The zero-order valence-electron chi connectivity index (χ0n) is 16.1. The van der Waals surface area contributed by atoms with E-state index in [1.54, 1.807) is 12.2 Å². The lowest BCUT2D eigenvalue weighted by molar-refractivity contribution is -0.133. The van der Waals surface area contributed by atoms with Crippen LogP contribution in [-0.2, 0) is 9.59 Å². The monoisotopic (exact) mass is 356 g/mol. The molecule has 0 saturated heterocycles. The van der Waals surface area contributed by atoms with Gasteiger partial charge in [0.2, 0.25) is 11.8 Å². The van der Waals surface area contributed by atoms with Crippen LogP contribution in [0.3, 0.4) is 0 Å². The number of carbonyl (C=O) groups is 2. The number of rotatable bonds is 3. The van der Waals surface area contributed by atoms with E-state index in [1.165, 1.54) is 12.8 Å². The predicted octanol–water partition coefficient (Wildman–Crippen LogP) is 3.20. The maximum Gasteiger partial charge on any atom is 0.243 e. The molecule has 2 amide bonds. The summed E-state index contributed by atoms with van der Waals surface area (Å²) < 4.78 is 0. The smallest absolute Gasteiger partial charge is 0.243 e. The maximum atomic E-state index is 12.7. The van der Waals surface area contributed by atoms with E-state index in [1.807, 2.05) is 0 Å². The van der Waals surface area contributed by atoms with Crippen LogP contribution in [-0.4, -0.2) is 24.4 Å². The van der Waals surface area contributed by atoms with Gasteiger partial charge < -0.3 is 10.6 Å². The number of nitrogens with one attached hydrogen (secondary N) is 2. The lowest BCUT2D eigenvalue weighted by Crippen LogP contribution is -2.59. The SMILES string of the molecule is C=CCNC(=O)C1CC[C@H]2[C@@H]3CCC4NC(=O)C=C[C@]4(C)[C@@H]3CC[C@]12C. The molecule has 0 bridgehead atoms. The normalized spacial score (nSPS) is 46.5. The molecule has 0 aromatic heterocycles. The first-order valence-electron chi connectivity index (χ1n) is 10.3. The molecule has 0 aromatic rings. The Morgan fingerprint density at radius 3 is 2.85 bits per heavy atom. The van der Waals surface area contributed by atoms with Gasteiger partial charge in [0.15, 0.2) is 0 Å². The Morgan fingerprint density at radius 1 is 1.27 bits per heavy atom. The molecular formula is C22H32N2O2. The third-order valence-corrected chi connectivity index (χ3v) is 8.42. The van der Waals surface area contributed by atoms with E-state index in [0.717, 1.165) is 25.7 Å². The molecule has 3 aliphatic carbocycles. The average Bonchev–Trinajstić information content (AvgIpc) is 2.97. The van der Waals surface area contributed by atoms with Gasteiger partial charge in [-0.1, -0.05) is 26.0 Å². The summed E-state index contributed by atoms with van der Waals surface area (Å²) in [5, 5.41) is 6.26. The highest BCUT2D eigenvalue weighted by atomic mass is 16.2. The van der Waals surface area contributed by atoms with Crippen molar-refractivity contribution in [1.29, 1.82) is 0 Å². The van der Waals surface area contributed by atoms with Crippen molar-refractivity contribution in [3.8, 4) is 0 Å². The molecule has 0 aromatic carbocycles. The Labute approximate surface area is 156 Å². The van der Waals surface area contributed by atoms with Gasteiger partial charge in [-0.2, -0.15) is 0 Å². The Bertz CT molecular complexity index is 657. The summed E-state index contributed by atoms with van der Waals surface area (Å²) in [6.45, 7) is 8.98. The van der Waals surface area contributed by atoms with Crippen LogP contribution in [0.15, 0.2) is 24.8 Å². The molecule has 1 aliphatic heterocycles. The Balaban J connectivity index is 1.58. The van der Waals surface area contributed by atoms with Crippen LogP contribution in [0.25, 0.3) is 0 Å². The molecule has 4 rings (SSSR count). The lowest BCUT2D eigenvalue weighted by Gasteiger charge is -2.58. The van der Waals surface area contributed by atoms with Crippen molar-refractivity contribution in [1.82, 2.24) is 10.6 Å². The van der Waals surface area contributed by atoms with Gasteiger partial charge in [-0.15, -0.1) is 6.58 Å². The molecule has 4 aliphatic rings. The third kappa shape index (κ3) is 2.48. The molecule has 2 unspecified atom stereocenters. The van der Waals surface area contributed by atoms with Gasteiger partial charge in [0, 0.05) is 23.9 Å². The van der Waals surface area contributed by atoms with E-state index >= 15 is 0 Å². The molecule has 4 heteroatoms. The molecule has 0 radical (unpaired) electrons. The number of hydrogen-bond donors (Lipinski definition) is 2. The van der Waals surface area contributed by atoms with Crippen LogP contribution in [0.4, 0.5) is 0 Å². The Morgan fingerprint density at radius 2 is 2.08 bits per heavy atom. The molecule has 3 saturated carbocycles. The molecule has 7 atom stereocenters. The topological polar surface area (TPSA) is 58.2 Å². The zero-order chi connectivity index (χ0) is 18.5. The van der Waals surface area contributed by atoms with E-state index in [2.05, 4.69) is 37.1 Å². The van der Waals surface area contributed by atoms with Crippen molar-refractivity contribution in [2.45, 2.75) is 58.4 Å². The molecule has 0 spiro atoms. The predicted molar refractivity (Wildman–Crippen MR) is 102 cm³/mol. The maximum absolute atomic E-state index is 12.7. The van der Waals surface area contributed by atoms with Gasteiger partial charge >= 0.3 is 0 Å². The first-order valence-corrected chi connectivity index (χ1v) is 10.3. The Hall–Kier alpha value is -1.58. The molecule has 26 heavy (non-hydrogen) atoms. The fraction of sp³-hybridized carbons (Fsp3) is 0.727. The number of fused-ring (bicyclic) bond motifs is 5. The summed E-state index contributed by atoms with van der Waals surface area (Å²) in [5.41, 5.74) is 0.193. The van der Waals surface area contributed by atoms with Crippen LogP contribution in [0.2, 0.25) is 0 Å². The van der Waals surface area contributed by atoms with Crippen molar-refractivity contribution in [2.75, 3.05) is 6.54 Å². The minimum atomic E-state index is 0.0615. The number of hydrogen-bond acceptors (Lipinski definition) is 2. The van der Waals surface area contributed by atoms with Crippen molar-refractivity contribution in [2.24, 2.45) is 34.5 Å². The van der Waals surface area contributed by atoms with Gasteiger partial charge in [-0.25, -0.2) is 0 Å². The van der Waals surface area contributed by atoms with E-state index in [9.17, 15) is 9.59 Å². The summed E-state index contributed by atoms with van der Waals surface area (Å²) in [6, 6.07) is 0.277. The molecule has 142 valence electrons. The second-order valence-corrected chi connectivity index (χ2v) is 9.42. The van der Waals surface area contributed by atoms with Gasteiger partial charge in [-0.05, 0) is 67.8 Å². The molecule has 4 nitrogen and oxygen atoms in total. The van der Waals surface area contributed by atoms with E-state index in [4.69, 9.17) is 0 Å². The van der Waals surface area contributed by atoms with Gasteiger partial charge in [0.05, 0.1) is 0 Å². The molecular weight excluding hydrogens is 324 g/mol. The van der Waals surface area contributed by atoms with Crippen LogP contribution >= 0.6 is 0 Å². The second-order valence-electron chi connectivity index (χ2n) is 9.42. The first-order chi connectivity index (χ1) is 12.4. The van der Waals surface area contributed by atoms with Gasteiger partial charge in [0.25, 0.3) is 0 Å². The summed E-state index contributed by atoms with van der Waals surface area (Å²) in [5.74, 6) is 2.34. The van der Waals surface area contributed by atoms with Crippen molar-refractivity contribution >= 4 is 11.8 Å². The summed E-state index contributed by atoms with van der Waals surface area (Å²) >= 11 is 0. The lowest BCUT2D eigenvalue weighted by atomic mass is 9.48. The minimum Gasteiger partial charge on any atom is -0.352 e. The van der Waals surface area contributed by atoms with Crippen LogP contribution < -0.4 is 10.6 Å². The minimum absolute atomic E-state index is 0.0615. The fourth-order valence-electron chi connectivity index (χ4n) is 7.06. The Kier molecular flexibility index (Phi) is 4.28. The van der Waals surface area contributed by atoms with Gasteiger partial charge in [0.1, 0.15) is 0 Å². The van der Waals surface area contributed by atoms with Gasteiger partial charge in [-0.3, -0.25) is 9.59 Å². The highest BCUT2D eigenvalue weighted by Crippen LogP contribution is 2.64. The summed E-state index contributed by atoms with van der Waals surface area (Å²) in [6.07, 6.45) is 12.4. The first kappa shape index (κ1) is 17.8. The fourth-order valence-corrected chi connectivity index (χ4v) is 7.06. The standard InChI is InChI=1S/C22H32N2O2/c1-4-13-23-20(26)17-7-6-15-14-5-8-18-22(3,12-10-19(25)24-18)16(14)9-11-21(15,17)2/h4,10,12,14-18H,1,5-9,11,13H2,2-3H3,(H,23,26)(H,24,25)/t14-,15-,16+,17?,18?,21-,22+/m0/s1. The van der Waals surface area contributed by atoms with E-state index in [0.29, 0.717) is 24.3 Å². The molecule has 1 heterocycles. The quantitative estimate of drug-likeness (QED) is 0.763.